The molecule has 0 radical (unpaired) electrons. The van der Waals surface area contributed by atoms with Gasteiger partial charge < -0.3 is 9.73 Å². The van der Waals surface area contributed by atoms with Crippen LogP contribution in [0.3, 0.4) is 0 Å². The second kappa shape index (κ2) is 6.48. The predicted octanol–water partition coefficient (Wildman–Crippen LogP) is 3.74. The molecule has 4 heteroatoms. The van der Waals surface area contributed by atoms with Crippen molar-refractivity contribution in [3.05, 3.63) is 34.3 Å². The number of aromatic nitrogens is 1. The van der Waals surface area contributed by atoms with Crippen LogP contribution in [0.5, 0.6) is 0 Å². The summed E-state index contributed by atoms with van der Waals surface area (Å²) in [6, 6.07) is 6.35. The molecule has 1 heterocycles. The van der Waals surface area contributed by atoms with Gasteiger partial charge in [-0.15, -0.1) is 0 Å². The molecule has 1 aromatic carbocycles. The van der Waals surface area contributed by atoms with Gasteiger partial charge in [-0.05, 0) is 37.1 Å². The molecule has 0 spiro atoms. The van der Waals surface area contributed by atoms with Crippen molar-refractivity contribution in [1.29, 1.82) is 0 Å². The highest BCUT2D eigenvalue weighted by Gasteiger charge is 2.19. The molecule has 21 heavy (non-hydrogen) atoms. The standard InChI is InChI=1S/C17H24N2O2/c1-18-15(10-12-6-4-2-3-5-7-12)13-8-9-14-16(11-13)21-17(20)19-14/h8-9,11-12,15,18H,2-7,10H2,1H3,(H,19,20). The van der Waals surface area contributed by atoms with Crippen molar-refractivity contribution in [2.75, 3.05) is 7.05 Å². The van der Waals surface area contributed by atoms with E-state index in [9.17, 15) is 4.79 Å². The first-order valence-corrected chi connectivity index (χ1v) is 8.06. The van der Waals surface area contributed by atoms with Gasteiger partial charge in [0.25, 0.3) is 0 Å². The van der Waals surface area contributed by atoms with Crippen LogP contribution in [0.4, 0.5) is 0 Å². The molecule has 1 aliphatic carbocycles. The van der Waals surface area contributed by atoms with E-state index >= 15 is 0 Å². The largest absolute Gasteiger partial charge is 0.417 e. The number of nitrogens with one attached hydrogen (secondary N) is 2. The van der Waals surface area contributed by atoms with E-state index in [0.29, 0.717) is 11.6 Å². The van der Waals surface area contributed by atoms with E-state index in [-0.39, 0.29) is 5.76 Å². The summed E-state index contributed by atoms with van der Waals surface area (Å²) >= 11 is 0. The van der Waals surface area contributed by atoms with Gasteiger partial charge in [0.15, 0.2) is 5.58 Å². The molecule has 1 aliphatic rings. The highest BCUT2D eigenvalue weighted by molar-refractivity contribution is 5.72. The monoisotopic (exact) mass is 288 g/mol. The van der Waals surface area contributed by atoms with Crippen molar-refractivity contribution in [3.63, 3.8) is 0 Å². The molecule has 1 unspecified atom stereocenters. The molecule has 0 aliphatic heterocycles. The Morgan fingerprint density at radius 3 is 2.76 bits per heavy atom. The molecule has 2 N–H and O–H groups in total. The van der Waals surface area contributed by atoms with Gasteiger partial charge in [0, 0.05) is 6.04 Å². The van der Waals surface area contributed by atoms with E-state index < -0.39 is 0 Å². The minimum absolute atomic E-state index is 0.331. The van der Waals surface area contributed by atoms with E-state index in [4.69, 9.17) is 4.42 Å². The number of hydrogen-bond acceptors (Lipinski definition) is 3. The Balaban J connectivity index is 1.78. The molecule has 0 amide bonds. The van der Waals surface area contributed by atoms with Crippen LogP contribution in [0, 0.1) is 5.92 Å². The third kappa shape index (κ3) is 3.38. The lowest BCUT2D eigenvalue weighted by atomic mass is 9.89. The SMILES string of the molecule is CNC(CC1CCCCCC1)c1ccc2[nH]c(=O)oc2c1. The van der Waals surface area contributed by atoms with Crippen molar-refractivity contribution in [1.82, 2.24) is 10.3 Å². The summed E-state index contributed by atoms with van der Waals surface area (Å²) in [5.41, 5.74) is 2.63. The highest BCUT2D eigenvalue weighted by Crippen LogP contribution is 2.31. The van der Waals surface area contributed by atoms with Gasteiger partial charge in [0.1, 0.15) is 0 Å². The average molecular weight is 288 g/mol. The van der Waals surface area contributed by atoms with Crippen LogP contribution in [0.1, 0.15) is 56.6 Å². The van der Waals surface area contributed by atoms with Crippen LogP contribution in [0.25, 0.3) is 11.1 Å². The highest BCUT2D eigenvalue weighted by atomic mass is 16.4. The van der Waals surface area contributed by atoms with Crippen LogP contribution in [-0.4, -0.2) is 12.0 Å². The Hall–Kier alpha value is -1.55. The Morgan fingerprint density at radius 1 is 1.29 bits per heavy atom. The number of oxazole rings is 1. The van der Waals surface area contributed by atoms with Crippen molar-refractivity contribution >= 4 is 11.1 Å². The van der Waals surface area contributed by atoms with Crippen molar-refractivity contribution in [2.45, 2.75) is 51.0 Å². The molecule has 1 saturated carbocycles. The van der Waals surface area contributed by atoms with Gasteiger partial charge in [-0.2, -0.15) is 0 Å². The number of rotatable bonds is 4. The van der Waals surface area contributed by atoms with Gasteiger partial charge in [0.2, 0.25) is 0 Å². The first-order valence-electron chi connectivity index (χ1n) is 8.06. The number of H-pyrrole nitrogens is 1. The van der Waals surface area contributed by atoms with Crippen LogP contribution in [-0.2, 0) is 0 Å². The average Bonchev–Trinajstić information content (AvgIpc) is 2.69. The zero-order valence-electron chi connectivity index (χ0n) is 12.7. The first-order chi connectivity index (χ1) is 10.3. The third-order valence-electron chi connectivity index (χ3n) is 4.74. The molecule has 2 aromatic rings. The zero-order chi connectivity index (χ0) is 14.7. The Bertz CT molecular complexity index is 636. The molecule has 1 atom stereocenters. The lowest BCUT2D eigenvalue weighted by Gasteiger charge is -2.22. The minimum atomic E-state index is -0.382. The molecule has 0 bridgehead atoms. The summed E-state index contributed by atoms with van der Waals surface area (Å²) in [7, 11) is 2.01. The van der Waals surface area contributed by atoms with E-state index in [1.807, 2.05) is 19.2 Å². The van der Waals surface area contributed by atoms with Gasteiger partial charge in [-0.25, -0.2) is 4.79 Å². The summed E-state index contributed by atoms with van der Waals surface area (Å²) in [6.45, 7) is 0. The quantitative estimate of drug-likeness (QED) is 0.843. The molecular weight excluding hydrogens is 264 g/mol. The molecule has 1 aromatic heterocycles. The normalized spacial score (nSPS) is 18.7. The predicted molar refractivity (Wildman–Crippen MR) is 84.4 cm³/mol. The Morgan fingerprint density at radius 2 is 2.05 bits per heavy atom. The summed E-state index contributed by atoms with van der Waals surface area (Å²) in [6.07, 6.45) is 9.37. The minimum Gasteiger partial charge on any atom is -0.408 e. The van der Waals surface area contributed by atoms with Gasteiger partial charge in [0.05, 0.1) is 5.52 Å². The number of hydrogen-bond donors (Lipinski definition) is 2. The van der Waals surface area contributed by atoms with Gasteiger partial charge in [-0.3, -0.25) is 4.98 Å². The molecule has 3 rings (SSSR count). The smallest absolute Gasteiger partial charge is 0.408 e. The number of fused-ring (bicyclic) bond motifs is 1. The van der Waals surface area contributed by atoms with Gasteiger partial charge >= 0.3 is 5.76 Å². The van der Waals surface area contributed by atoms with E-state index in [1.165, 1.54) is 44.1 Å². The Kier molecular flexibility index (Phi) is 4.44. The maximum absolute atomic E-state index is 11.3. The maximum Gasteiger partial charge on any atom is 0.417 e. The first kappa shape index (κ1) is 14.4. The topological polar surface area (TPSA) is 58.0 Å². The summed E-state index contributed by atoms with van der Waals surface area (Å²) in [5, 5.41) is 3.43. The van der Waals surface area contributed by atoms with Crippen molar-refractivity contribution in [2.24, 2.45) is 5.92 Å². The third-order valence-corrected chi connectivity index (χ3v) is 4.74. The fourth-order valence-electron chi connectivity index (χ4n) is 3.53. The van der Waals surface area contributed by atoms with Crippen LogP contribution < -0.4 is 11.1 Å². The molecular formula is C17H24N2O2. The van der Waals surface area contributed by atoms with Crippen LogP contribution in [0.15, 0.2) is 27.4 Å². The van der Waals surface area contributed by atoms with Crippen molar-refractivity contribution < 1.29 is 4.42 Å². The van der Waals surface area contributed by atoms with E-state index in [1.54, 1.807) is 0 Å². The van der Waals surface area contributed by atoms with E-state index in [0.717, 1.165) is 17.9 Å². The Labute approximate surface area is 124 Å². The molecule has 1 fully saturated rings. The summed E-state index contributed by atoms with van der Waals surface area (Å²) in [5.74, 6) is 0.422. The lowest BCUT2D eigenvalue weighted by Crippen LogP contribution is -2.19. The molecule has 4 nitrogen and oxygen atoms in total. The van der Waals surface area contributed by atoms with Crippen molar-refractivity contribution in [3.8, 4) is 0 Å². The van der Waals surface area contributed by atoms with Gasteiger partial charge in [-0.1, -0.05) is 44.6 Å². The van der Waals surface area contributed by atoms with Crippen LogP contribution >= 0.6 is 0 Å². The molecule has 0 saturated heterocycles. The summed E-state index contributed by atoms with van der Waals surface area (Å²) < 4.78 is 5.17. The maximum atomic E-state index is 11.3. The lowest BCUT2D eigenvalue weighted by molar-refractivity contribution is 0.368. The van der Waals surface area contributed by atoms with E-state index in [2.05, 4.69) is 16.4 Å². The fraction of sp³-hybridized carbons (Fsp3) is 0.588. The number of aromatic amines is 1. The fourth-order valence-corrected chi connectivity index (χ4v) is 3.53. The zero-order valence-corrected chi connectivity index (χ0v) is 12.7. The second-order valence-electron chi connectivity index (χ2n) is 6.20. The second-order valence-corrected chi connectivity index (χ2v) is 6.20. The molecule has 114 valence electrons. The summed E-state index contributed by atoms with van der Waals surface area (Å²) in [4.78, 5) is 13.9. The van der Waals surface area contributed by atoms with Crippen LogP contribution in [0.2, 0.25) is 0 Å². The number of benzene rings is 1.